The molecule has 2 aliphatic heterocycles. The van der Waals surface area contributed by atoms with Crippen molar-refractivity contribution in [2.75, 3.05) is 26.2 Å². The highest BCUT2D eigenvalue weighted by atomic mass is 16.5. The molecule has 2 heterocycles. The summed E-state index contributed by atoms with van der Waals surface area (Å²) in [6.07, 6.45) is 1.47. The number of ether oxygens (including phenoxy) is 1. The van der Waals surface area contributed by atoms with Gasteiger partial charge in [-0.15, -0.1) is 0 Å². The molecule has 0 bridgehead atoms. The van der Waals surface area contributed by atoms with Gasteiger partial charge in [0.1, 0.15) is 11.8 Å². The molecule has 3 amide bonds. The van der Waals surface area contributed by atoms with Crippen LogP contribution < -0.4 is 5.32 Å². The number of amides is 3. The van der Waals surface area contributed by atoms with Gasteiger partial charge in [-0.3, -0.25) is 19.3 Å². The highest BCUT2D eigenvalue weighted by molar-refractivity contribution is 5.98. The first-order chi connectivity index (χ1) is 15.4. The van der Waals surface area contributed by atoms with Crippen molar-refractivity contribution in [3.8, 4) is 0 Å². The largest absolute Gasteiger partial charge is 0.354 e. The van der Waals surface area contributed by atoms with E-state index in [2.05, 4.69) is 26.1 Å². The van der Waals surface area contributed by atoms with Gasteiger partial charge in [0.05, 0.1) is 6.61 Å². The van der Waals surface area contributed by atoms with Gasteiger partial charge in [-0.1, -0.05) is 52.3 Å². The van der Waals surface area contributed by atoms with E-state index in [1.165, 1.54) is 0 Å². The number of aryl methyl sites for hydroxylation is 1. The quantitative estimate of drug-likeness (QED) is 0.735. The zero-order valence-corrected chi connectivity index (χ0v) is 20.9. The van der Waals surface area contributed by atoms with E-state index >= 15 is 0 Å². The number of carbonyl (C=O) groups excluding carboxylic acids is 3. The predicted octanol–water partition coefficient (Wildman–Crippen LogP) is 3.36. The molecule has 182 valence electrons. The van der Waals surface area contributed by atoms with Crippen molar-refractivity contribution in [3.63, 3.8) is 0 Å². The second-order valence-electron chi connectivity index (χ2n) is 11.1. The highest BCUT2D eigenvalue weighted by Gasteiger charge is 2.54. The maximum absolute atomic E-state index is 13.7. The fraction of sp³-hybridized carbons (Fsp3) is 0.654. The van der Waals surface area contributed by atoms with E-state index in [4.69, 9.17) is 4.74 Å². The van der Waals surface area contributed by atoms with Crippen LogP contribution in [0.25, 0.3) is 0 Å². The Balaban J connectivity index is 1.83. The van der Waals surface area contributed by atoms with Crippen molar-refractivity contribution in [2.24, 2.45) is 11.3 Å². The summed E-state index contributed by atoms with van der Waals surface area (Å²) in [5, 5.41) is 2.97. The number of carbonyl (C=O) groups is 3. The Morgan fingerprint density at radius 3 is 2.42 bits per heavy atom. The van der Waals surface area contributed by atoms with Crippen LogP contribution in [0.1, 0.15) is 69.8 Å². The zero-order chi connectivity index (χ0) is 24.4. The molecule has 1 aromatic rings. The summed E-state index contributed by atoms with van der Waals surface area (Å²) in [6.45, 7) is 13.9. The standard InChI is InChI=1S/C26H39N3O4/c1-18(2)16-27-23(31)21-17-33-26(29(21)24(32)20-9-7-8-19(3)14-20)10-12-28(13-11-26)22(30)15-25(4,5)6/h7-9,14,18,21H,10-13,15-17H2,1-6H3,(H,27,31). The molecule has 0 aromatic heterocycles. The molecule has 1 spiro atoms. The van der Waals surface area contributed by atoms with Crippen LogP contribution in [0.5, 0.6) is 0 Å². The molecule has 2 fully saturated rings. The van der Waals surface area contributed by atoms with E-state index < -0.39 is 11.8 Å². The van der Waals surface area contributed by atoms with Crippen LogP contribution in [0, 0.1) is 18.3 Å². The Kier molecular flexibility index (Phi) is 7.52. The minimum Gasteiger partial charge on any atom is -0.354 e. The molecule has 2 aliphatic rings. The average molecular weight is 458 g/mol. The Bertz CT molecular complexity index is 882. The van der Waals surface area contributed by atoms with Crippen molar-refractivity contribution in [1.82, 2.24) is 15.1 Å². The fourth-order valence-corrected chi connectivity index (χ4v) is 4.58. The number of nitrogens with one attached hydrogen (secondary N) is 1. The molecule has 1 aromatic carbocycles. The van der Waals surface area contributed by atoms with Crippen molar-refractivity contribution >= 4 is 17.7 Å². The molecule has 1 atom stereocenters. The van der Waals surface area contributed by atoms with Gasteiger partial charge >= 0.3 is 0 Å². The Morgan fingerprint density at radius 2 is 1.85 bits per heavy atom. The summed E-state index contributed by atoms with van der Waals surface area (Å²) in [4.78, 5) is 43.1. The lowest BCUT2D eigenvalue weighted by Gasteiger charge is -2.45. The second kappa shape index (κ2) is 9.84. The Labute approximate surface area is 197 Å². The second-order valence-corrected chi connectivity index (χ2v) is 11.1. The van der Waals surface area contributed by atoms with E-state index in [0.717, 1.165) is 5.56 Å². The van der Waals surface area contributed by atoms with Gasteiger partial charge in [-0.2, -0.15) is 0 Å². The smallest absolute Gasteiger partial charge is 0.256 e. The van der Waals surface area contributed by atoms with E-state index in [1.807, 2.05) is 43.9 Å². The molecule has 7 heteroatoms. The summed E-state index contributed by atoms with van der Waals surface area (Å²) in [5.41, 5.74) is 0.577. The lowest BCUT2D eigenvalue weighted by molar-refractivity contribution is -0.145. The number of likely N-dealkylation sites (tertiary alicyclic amines) is 1. The fourth-order valence-electron chi connectivity index (χ4n) is 4.58. The van der Waals surface area contributed by atoms with Gasteiger partial charge in [0, 0.05) is 44.5 Å². The van der Waals surface area contributed by atoms with Crippen LogP contribution in [0.2, 0.25) is 0 Å². The number of nitrogens with zero attached hydrogens (tertiary/aromatic N) is 2. The number of hydrogen-bond donors (Lipinski definition) is 1. The van der Waals surface area contributed by atoms with Gasteiger partial charge in [-0.25, -0.2) is 0 Å². The molecule has 7 nitrogen and oxygen atoms in total. The number of benzene rings is 1. The van der Waals surface area contributed by atoms with Gasteiger partial charge in [0.25, 0.3) is 5.91 Å². The van der Waals surface area contributed by atoms with Gasteiger partial charge in [0.2, 0.25) is 11.8 Å². The number of hydrogen-bond acceptors (Lipinski definition) is 4. The SMILES string of the molecule is Cc1cccc(C(=O)N2C(C(=O)NCC(C)C)COC23CCN(C(=O)CC(C)(C)C)CC3)c1. The lowest BCUT2D eigenvalue weighted by Crippen LogP contribution is -2.60. The normalized spacial score (nSPS) is 20.4. The Morgan fingerprint density at radius 1 is 1.18 bits per heavy atom. The van der Waals surface area contributed by atoms with Crippen LogP contribution in [0.4, 0.5) is 0 Å². The summed E-state index contributed by atoms with van der Waals surface area (Å²) >= 11 is 0. The molecular formula is C26H39N3O4. The summed E-state index contributed by atoms with van der Waals surface area (Å²) < 4.78 is 6.24. The topological polar surface area (TPSA) is 79.0 Å². The van der Waals surface area contributed by atoms with Crippen molar-refractivity contribution in [2.45, 2.75) is 72.6 Å². The first-order valence-corrected chi connectivity index (χ1v) is 12.0. The van der Waals surface area contributed by atoms with Crippen LogP contribution in [-0.4, -0.2) is 65.5 Å². The molecular weight excluding hydrogens is 418 g/mol. The summed E-state index contributed by atoms with van der Waals surface area (Å²) in [5.74, 6) is 0.0459. The number of rotatable bonds is 5. The first-order valence-electron chi connectivity index (χ1n) is 12.0. The zero-order valence-electron chi connectivity index (χ0n) is 20.9. The molecule has 0 saturated carbocycles. The van der Waals surface area contributed by atoms with Gasteiger partial charge in [0.15, 0.2) is 0 Å². The minimum atomic E-state index is -0.876. The van der Waals surface area contributed by atoms with Crippen LogP contribution >= 0.6 is 0 Å². The molecule has 3 rings (SSSR count). The predicted molar refractivity (Wildman–Crippen MR) is 128 cm³/mol. The molecule has 1 N–H and O–H groups in total. The molecule has 33 heavy (non-hydrogen) atoms. The molecule has 1 unspecified atom stereocenters. The van der Waals surface area contributed by atoms with Crippen LogP contribution in [0.15, 0.2) is 24.3 Å². The van der Waals surface area contributed by atoms with E-state index in [0.29, 0.717) is 50.4 Å². The monoisotopic (exact) mass is 457 g/mol. The van der Waals surface area contributed by atoms with Gasteiger partial charge in [-0.05, 0) is 30.4 Å². The Hall–Kier alpha value is -2.41. The van der Waals surface area contributed by atoms with E-state index in [9.17, 15) is 14.4 Å². The van der Waals surface area contributed by atoms with E-state index in [1.54, 1.807) is 11.0 Å². The third-order valence-electron chi connectivity index (χ3n) is 6.31. The lowest BCUT2D eigenvalue weighted by atomic mass is 9.90. The maximum atomic E-state index is 13.7. The van der Waals surface area contributed by atoms with Gasteiger partial charge < -0.3 is 15.0 Å². The average Bonchev–Trinajstić information content (AvgIpc) is 3.09. The number of piperidine rings is 1. The minimum absolute atomic E-state index is 0.0805. The highest BCUT2D eigenvalue weighted by Crippen LogP contribution is 2.39. The summed E-state index contributed by atoms with van der Waals surface area (Å²) in [6, 6.07) is 6.74. The third-order valence-corrected chi connectivity index (χ3v) is 6.31. The summed E-state index contributed by atoms with van der Waals surface area (Å²) in [7, 11) is 0. The van der Waals surface area contributed by atoms with Crippen LogP contribution in [0.3, 0.4) is 0 Å². The maximum Gasteiger partial charge on any atom is 0.256 e. The van der Waals surface area contributed by atoms with Crippen molar-refractivity contribution in [1.29, 1.82) is 0 Å². The van der Waals surface area contributed by atoms with E-state index in [-0.39, 0.29) is 29.7 Å². The first kappa shape index (κ1) is 25.2. The van der Waals surface area contributed by atoms with Crippen molar-refractivity contribution in [3.05, 3.63) is 35.4 Å². The van der Waals surface area contributed by atoms with Crippen molar-refractivity contribution < 1.29 is 19.1 Å². The van der Waals surface area contributed by atoms with Crippen LogP contribution in [-0.2, 0) is 14.3 Å². The third kappa shape index (κ3) is 5.94. The molecule has 0 aliphatic carbocycles. The molecule has 0 radical (unpaired) electrons. The molecule has 2 saturated heterocycles.